The zero-order valence-corrected chi connectivity index (χ0v) is 11.6. The van der Waals surface area contributed by atoms with E-state index in [0.29, 0.717) is 12.2 Å². The standard InChI is InChI=1S/C12H13F3N6O/c1-2-9-17-4-8(10(20-9)11(16)22)19-7-3-18-21(5-7)6-12(13,14)15/h3-5,19H,2,6H2,1H3,(H2,16,22). The van der Waals surface area contributed by atoms with Gasteiger partial charge in [0.05, 0.1) is 23.8 Å². The number of aryl methyl sites for hydroxylation is 1. The summed E-state index contributed by atoms with van der Waals surface area (Å²) >= 11 is 0. The largest absolute Gasteiger partial charge is 0.408 e. The monoisotopic (exact) mass is 314 g/mol. The van der Waals surface area contributed by atoms with E-state index < -0.39 is 18.6 Å². The van der Waals surface area contributed by atoms with Crippen molar-refractivity contribution in [3.63, 3.8) is 0 Å². The van der Waals surface area contributed by atoms with Gasteiger partial charge >= 0.3 is 6.18 Å². The van der Waals surface area contributed by atoms with Gasteiger partial charge in [0.25, 0.3) is 5.91 Å². The summed E-state index contributed by atoms with van der Waals surface area (Å²) in [6, 6.07) is 0. The fraction of sp³-hybridized carbons (Fsp3) is 0.333. The Morgan fingerprint density at radius 3 is 2.73 bits per heavy atom. The second-order valence-corrected chi connectivity index (χ2v) is 4.43. The minimum atomic E-state index is -4.37. The predicted molar refractivity (Wildman–Crippen MR) is 71.5 cm³/mol. The summed E-state index contributed by atoms with van der Waals surface area (Å²) in [4.78, 5) is 19.4. The van der Waals surface area contributed by atoms with Crippen molar-refractivity contribution in [3.05, 3.63) is 30.1 Å². The molecule has 2 aromatic rings. The minimum Gasteiger partial charge on any atom is -0.364 e. The molecule has 0 radical (unpaired) electrons. The van der Waals surface area contributed by atoms with Gasteiger partial charge in [-0.25, -0.2) is 9.97 Å². The molecule has 0 aliphatic rings. The van der Waals surface area contributed by atoms with Crippen molar-refractivity contribution in [2.75, 3.05) is 5.32 Å². The molecule has 22 heavy (non-hydrogen) atoms. The second-order valence-electron chi connectivity index (χ2n) is 4.43. The van der Waals surface area contributed by atoms with Crippen LogP contribution in [0.1, 0.15) is 23.2 Å². The van der Waals surface area contributed by atoms with Crippen LogP contribution in [0.2, 0.25) is 0 Å². The van der Waals surface area contributed by atoms with Gasteiger partial charge in [0.2, 0.25) is 0 Å². The molecule has 0 saturated heterocycles. The number of primary amides is 1. The van der Waals surface area contributed by atoms with Crippen molar-refractivity contribution in [1.29, 1.82) is 0 Å². The molecule has 0 aromatic carbocycles. The average molecular weight is 314 g/mol. The summed E-state index contributed by atoms with van der Waals surface area (Å²) in [5.74, 6) is -0.325. The lowest BCUT2D eigenvalue weighted by Crippen LogP contribution is -2.18. The SMILES string of the molecule is CCc1ncc(Nc2cnn(CC(F)(F)F)c2)c(C(N)=O)n1. The Morgan fingerprint density at radius 2 is 2.14 bits per heavy atom. The molecule has 3 N–H and O–H groups in total. The van der Waals surface area contributed by atoms with Gasteiger partial charge in [-0.1, -0.05) is 6.92 Å². The quantitative estimate of drug-likeness (QED) is 0.874. The summed E-state index contributed by atoms with van der Waals surface area (Å²) in [6.07, 6.45) is -0.138. The van der Waals surface area contributed by atoms with Crippen molar-refractivity contribution >= 4 is 17.3 Å². The number of nitrogens with two attached hydrogens (primary N) is 1. The van der Waals surface area contributed by atoms with Gasteiger partial charge in [-0.15, -0.1) is 0 Å². The molecular weight excluding hydrogens is 301 g/mol. The fourth-order valence-electron chi connectivity index (χ4n) is 1.72. The molecule has 10 heteroatoms. The van der Waals surface area contributed by atoms with Crippen molar-refractivity contribution in [2.45, 2.75) is 26.1 Å². The van der Waals surface area contributed by atoms with Crippen molar-refractivity contribution < 1.29 is 18.0 Å². The minimum absolute atomic E-state index is 0.0320. The highest BCUT2D eigenvalue weighted by Crippen LogP contribution is 2.21. The van der Waals surface area contributed by atoms with Crippen LogP contribution in [0.5, 0.6) is 0 Å². The van der Waals surface area contributed by atoms with Gasteiger partial charge in [0.15, 0.2) is 5.69 Å². The molecule has 0 unspecified atom stereocenters. The Kier molecular flexibility index (Phi) is 4.29. The first-order valence-electron chi connectivity index (χ1n) is 6.30. The van der Waals surface area contributed by atoms with E-state index >= 15 is 0 Å². The molecule has 2 aromatic heterocycles. The van der Waals surface area contributed by atoms with Crippen LogP contribution in [0.3, 0.4) is 0 Å². The van der Waals surface area contributed by atoms with Crippen LogP contribution in [0.25, 0.3) is 0 Å². The Labute approximate surface area is 123 Å². The molecule has 0 saturated carbocycles. The number of nitrogens with zero attached hydrogens (tertiary/aromatic N) is 4. The lowest BCUT2D eigenvalue weighted by Gasteiger charge is -2.08. The third kappa shape index (κ3) is 3.93. The number of anilines is 2. The molecule has 0 aliphatic heterocycles. The van der Waals surface area contributed by atoms with Crippen LogP contribution in [0.4, 0.5) is 24.5 Å². The Balaban J connectivity index is 2.22. The molecular formula is C12H13F3N6O. The topological polar surface area (TPSA) is 98.7 Å². The Morgan fingerprint density at radius 1 is 1.41 bits per heavy atom. The van der Waals surface area contributed by atoms with E-state index in [4.69, 9.17) is 5.73 Å². The molecule has 0 bridgehead atoms. The summed E-state index contributed by atoms with van der Waals surface area (Å²) in [5, 5.41) is 6.32. The highest BCUT2D eigenvalue weighted by Gasteiger charge is 2.28. The smallest absolute Gasteiger partial charge is 0.364 e. The number of alkyl halides is 3. The van der Waals surface area contributed by atoms with E-state index in [0.717, 1.165) is 10.9 Å². The molecule has 2 heterocycles. The maximum absolute atomic E-state index is 12.3. The molecule has 0 spiro atoms. The number of carbonyl (C=O) groups excluding carboxylic acids is 1. The van der Waals surface area contributed by atoms with E-state index in [1.54, 1.807) is 0 Å². The molecule has 7 nitrogen and oxygen atoms in total. The van der Waals surface area contributed by atoms with Crippen LogP contribution in [-0.4, -0.2) is 31.8 Å². The zero-order valence-electron chi connectivity index (χ0n) is 11.6. The van der Waals surface area contributed by atoms with Crippen molar-refractivity contribution in [3.8, 4) is 0 Å². The Bertz CT molecular complexity index is 682. The maximum atomic E-state index is 12.3. The van der Waals surface area contributed by atoms with Gasteiger partial charge in [-0.05, 0) is 0 Å². The number of amides is 1. The van der Waals surface area contributed by atoms with E-state index in [1.165, 1.54) is 12.4 Å². The van der Waals surface area contributed by atoms with Crippen LogP contribution in [-0.2, 0) is 13.0 Å². The first-order valence-corrected chi connectivity index (χ1v) is 6.30. The fourth-order valence-corrected chi connectivity index (χ4v) is 1.72. The average Bonchev–Trinajstić information content (AvgIpc) is 2.84. The molecule has 2 rings (SSSR count). The lowest BCUT2D eigenvalue weighted by molar-refractivity contribution is -0.142. The highest BCUT2D eigenvalue weighted by molar-refractivity contribution is 5.96. The number of halogens is 3. The Hall–Kier alpha value is -2.65. The predicted octanol–water partition coefficient (Wildman–Crippen LogP) is 1.64. The first kappa shape index (κ1) is 15.7. The van der Waals surface area contributed by atoms with Crippen molar-refractivity contribution in [2.24, 2.45) is 5.73 Å². The number of hydrogen-bond acceptors (Lipinski definition) is 5. The first-order chi connectivity index (χ1) is 10.3. The second kappa shape index (κ2) is 6.00. The van der Waals surface area contributed by atoms with Crippen LogP contribution >= 0.6 is 0 Å². The molecule has 1 amide bonds. The third-order valence-corrected chi connectivity index (χ3v) is 2.64. The van der Waals surface area contributed by atoms with Crippen LogP contribution < -0.4 is 11.1 Å². The maximum Gasteiger partial charge on any atom is 0.408 e. The third-order valence-electron chi connectivity index (χ3n) is 2.64. The van der Waals surface area contributed by atoms with Gasteiger partial charge in [0.1, 0.15) is 12.4 Å². The summed E-state index contributed by atoms with van der Waals surface area (Å²) in [7, 11) is 0. The normalized spacial score (nSPS) is 11.5. The summed E-state index contributed by atoms with van der Waals surface area (Å²) in [5.41, 5.74) is 5.68. The molecule has 0 aliphatic carbocycles. The van der Waals surface area contributed by atoms with Gasteiger partial charge in [-0.2, -0.15) is 18.3 Å². The van der Waals surface area contributed by atoms with E-state index in [9.17, 15) is 18.0 Å². The van der Waals surface area contributed by atoms with E-state index in [1.807, 2.05) is 6.92 Å². The molecule has 0 fully saturated rings. The number of aromatic nitrogens is 4. The molecule has 0 atom stereocenters. The lowest BCUT2D eigenvalue weighted by atomic mass is 10.3. The van der Waals surface area contributed by atoms with Crippen LogP contribution in [0.15, 0.2) is 18.6 Å². The summed E-state index contributed by atoms with van der Waals surface area (Å²) in [6.45, 7) is 0.608. The summed E-state index contributed by atoms with van der Waals surface area (Å²) < 4.78 is 37.5. The van der Waals surface area contributed by atoms with Crippen molar-refractivity contribution in [1.82, 2.24) is 19.7 Å². The number of hydrogen-bond donors (Lipinski definition) is 2. The number of rotatable bonds is 5. The van der Waals surface area contributed by atoms with Gasteiger partial charge in [-0.3, -0.25) is 9.48 Å². The highest BCUT2D eigenvalue weighted by atomic mass is 19.4. The number of carbonyl (C=O) groups is 1. The van der Waals surface area contributed by atoms with Crippen LogP contribution in [0, 0.1) is 0 Å². The van der Waals surface area contributed by atoms with E-state index in [-0.39, 0.29) is 17.1 Å². The number of nitrogens with one attached hydrogen (secondary N) is 1. The molecule has 118 valence electrons. The zero-order chi connectivity index (χ0) is 16.3. The van der Waals surface area contributed by atoms with Gasteiger partial charge < -0.3 is 11.1 Å². The van der Waals surface area contributed by atoms with E-state index in [2.05, 4.69) is 20.4 Å². The van der Waals surface area contributed by atoms with Gasteiger partial charge in [0, 0.05) is 12.6 Å².